The van der Waals surface area contributed by atoms with Crippen LogP contribution in [0.25, 0.3) is 0 Å². The number of likely N-dealkylation sites (tertiary alicyclic amines) is 1. The zero-order chi connectivity index (χ0) is 14.0. The molecule has 0 bridgehead atoms. The maximum Gasteiger partial charge on any atom is 0.229 e. The highest BCUT2D eigenvalue weighted by atomic mass is 35.5. The second-order valence-corrected chi connectivity index (χ2v) is 6.78. The molecule has 4 nitrogen and oxygen atoms in total. The molecule has 6 heteroatoms. The fourth-order valence-corrected chi connectivity index (χ4v) is 3.21. The molecule has 0 atom stereocenters. The molecule has 0 aliphatic carbocycles. The van der Waals surface area contributed by atoms with Gasteiger partial charge in [0, 0.05) is 31.2 Å². The van der Waals surface area contributed by atoms with Crippen LogP contribution in [0.5, 0.6) is 0 Å². The van der Waals surface area contributed by atoms with Crippen molar-refractivity contribution in [1.82, 2.24) is 9.88 Å². The molecule has 0 radical (unpaired) electrons. The monoisotopic (exact) mass is 300 g/mol. The summed E-state index contributed by atoms with van der Waals surface area (Å²) >= 11 is 7.21. The third-order valence-corrected chi connectivity index (χ3v) is 4.38. The number of rotatable bonds is 4. The molecular weight excluding hydrogens is 284 g/mol. The van der Waals surface area contributed by atoms with Crippen LogP contribution in [0.1, 0.15) is 37.4 Å². The smallest absolute Gasteiger partial charge is 0.229 e. The predicted octanol–water partition coefficient (Wildman–Crippen LogP) is 2.60. The van der Waals surface area contributed by atoms with E-state index in [9.17, 15) is 9.59 Å². The summed E-state index contributed by atoms with van der Waals surface area (Å²) in [6.07, 6.45) is 1.48. The van der Waals surface area contributed by atoms with Gasteiger partial charge in [0.15, 0.2) is 0 Å². The van der Waals surface area contributed by atoms with E-state index in [4.69, 9.17) is 11.6 Å². The van der Waals surface area contributed by atoms with Crippen molar-refractivity contribution in [3.63, 3.8) is 0 Å². The molecule has 0 N–H and O–H groups in total. The topological polar surface area (TPSA) is 50.3 Å². The Hall–Kier alpha value is -0.940. The SMILES string of the molecule is CC1(C)CC(=O)N(CCc2nc(CCl)cs2)C(=O)C1. The number of hydrogen-bond acceptors (Lipinski definition) is 4. The van der Waals surface area contributed by atoms with Gasteiger partial charge in [0.25, 0.3) is 0 Å². The molecule has 1 fully saturated rings. The molecule has 1 saturated heterocycles. The fraction of sp³-hybridized carbons (Fsp3) is 0.615. The molecule has 0 saturated carbocycles. The first kappa shape index (κ1) is 14.5. The van der Waals surface area contributed by atoms with Gasteiger partial charge in [-0.05, 0) is 5.41 Å². The predicted molar refractivity (Wildman–Crippen MR) is 75.1 cm³/mol. The van der Waals surface area contributed by atoms with Crippen molar-refractivity contribution < 1.29 is 9.59 Å². The maximum atomic E-state index is 12.0. The van der Waals surface area contributed by atoms with E-state index in [1.54, 1.807) is 0 Å². The zero-order valence-electron chi connectivity index (χ0n) is 11.1. The van der Waals surface area contributed by atoms with E-state index in [2.05, 4.69) is 4.98 Å². The molecule has 1 aromatic rings. The van der Waals surface area contributed by atoms with Gasteiger partial charge >= 0.3 is 0 Å². The van der Waals surface area contributed by atoms with Crippen molar-refractivity contribution in [2.75, 3.05) is 6.54 Å². The van der Waals surface area contributed by atoms with E-state index in [1.807, 2.05) is 19.2 Å². The molecule has 2 rings (SSSR count). The first-order chi connectivity index (χ1) is 8.91. The van der Waals surface area contributed by atoms with Crippen LogP contribution in [0.3, 0.4) is 0 Å². The van der Waals surface area contributed by atoms with E-state index >= 15 is 0 Å². The Labute approximate surface area is 121 Å². The molecule has 1 aliphatic rings. The number of aromatic nitrogens is 1. The summed E-state index contributed by atoms with van der Waals surface area (Å²) < 4.78 is 0. The summed E-state index contributed by atoms with van der Waals surface area (Å²) in [6, 6.07) is 0. The van der Waals surface area contributed by atoms with Crippen LogP contribution in [-0.4, -0.2) is 28.2 Å². The quantitative estimate of drug-likeness (QED) is 0.634. The first-order valence-electron chi connectivity index (χ1n) is 6.24. The van der Waals surface area contributed by atoms with Gasteiger partial charge in [0.05, 0.1) is 16.6 Å². The molecule has 2 heterocycles. The molecule has 104 valence electrons. The minimum Gasteiger partial charge on any atom is -0.282 e. The van der Waals surface area contributed by atoms with E-state index in [-0.39, 0.29) is 17.2 Å². The Bertz CT molecular complexity index is 479. The molecule has 2 amide bonds. The van der Waals surface area contributed by atoms with E-state index < -0.39 is 0 Å². The van der Waals surface area contributed by atoms with Crippen LogP contribution >= 0.6 is 22.9 Å². The second kappa shape index (κ2) is 5.59. The number of carbonyl (C=O) groups excluding carboxylic acids is 2. The number of thiazole rings is 1. The number of amides is 2. The second-order valence-electron chi connectivity index (χ2n) is 5.57. The van der Waals surface area contributed by atoms with Crippen molar-refractivity contribution >= 4 is 34.8 Å². The van der Waals surface area contributed by atoms with Crippen molar-refractivity contribution in [3.8, 4) is 0 Å². The molecule has 19 heavy (non-hydrogen) atoms. The highest BCUT2D eigenvalue weighted by Gasteiger charge is 2.37. The first-order valence-corrected chi connectivity index (χ1v) is 7.65. The minimum atomic E-state index is -0.211. The molecular formula is C13H17ClN2O2S. The van der Waals surface area contributed by atoms with Crippen molar-refractivity contribution in [3.05, 3.63) is 16.1 Å². The Kier molecular flexibility index (Phi) is 4.26. The van der Waals surface area contributed by atoms with Gasteiger partial charge < -0.3 is 0 Å². The van der Waals surface area contributed by atoms with Crippen molar-refractivity contribution in [2.24, 2.45) is 5.41 Å². The fourth-order valence-electron chi connectivity index (χ4n) is 2.19. The summed E-state index contributed by atoms with van der Waals surface area (Å²) in [5, 5.41) is 2.83. The van der Waals surface area contributed by atoms with Gasteiger partial charge in [0.1, 0.15) is 0 Å². The average molecular weight is 301 g/mol. The molecule has 1 aromatic heterocycles. The van der Waals surface area contributed by atoms with E-state index in [1.165, 1.54) is 16.2 Å². The van der Waals surface area contributed by atoms with Gasteiger partial charge in [-0.3, -0.25) is 14.5 Å². The van der Waals surface area contributed by atoms with Gasteiger partial charge in [-0.25, -0.2) is 4.98 Å². The van der Waals surface area contributed by atoms with Crippen molar-refractivity contribution in [1.29, 1.82) is 0 Å². The number of halogens is 1. The third-order valence-electron chi connectivity index (χ3n) is 3.15. The van der Waals surface area contributed by atoms with Crippen LogP contribution in [0.2, 0.25) is 0 Å². The summed E-state index contributed by atoms with van der Waals surface area (Å²) in [7, 11) is 0. The lowest BCUT2D eigenvalue weighted by Crippen LogP contribution is -2.46. The van der Waals surface area contributed by atoms with Gasteiger partial charge in [-0.2, -0.15) is 0 Å². The lowest BCUT2D eigenvalue weighted by atomic mass is 9.82. The van der Waals surface area contributed by atoms with E-state index in [0.717, 1.165) is 10.7 Å². The Morgan fingerprint density at radius 1 is 1.37 bits per heavy atom. The number of carbonyl (C=O) groups is 2. The maximum absolute atomic E-state index is 12.0. The third kappa shape index (κ3) is 3.54. The van der Waals surface area contributed by atoms with Gasteiger partial charge in [-0.1, -0.05) is 13.8 Å². The lowest BCUT2D eigenvalue weighted by molar-refractivity contribution is -0.152. The van der Waals surface area contributed by atoms with Crippen LogP contribution in [0.15, 0.2) is 5.38 Å². The van der Waals surface area contributed by atoms with Crippen LogP contribution in [0, 0.1) is 5.41 Å². The number of hydrogen-bond donors (Lipinski definition) is 0. The van der Waals surface area contributed by atoms with Gasteiger partial charge in [0.2, 0.25) is 11.8 Å². The van der Waals surface area contributed by atoms with E-state index in [0.29, 0.717) is 31.7 Å². The van der Waals surface area contributed by atoms with Crippen LogP contribution in [-0.2, 0) is 21.9 Å². The standard InChI is InChI=1S/C13H17ClN2O2S/c1-13(2)5-11(17)16(12(18)6-13)4-3-10-15-9(7-14)8-19-10/h8H,3-7H2,1-2H3. The number of alkyl halides is 1. The Balaban J connectivity index is 1.95. The number of nitrogens with zero attached hydrogens (tertiary/aromatic N) is 2. The molecule has 1 aliphatic heterocycles. The zero-order valence-corrected chi connectivity index (χ0v) is 12.7. The van der Waals surface area contributed by atoms with Crippen LogP contribution in [0.4, 0.5) is 0 Å². The molecule has 0 aromatic carbocycles. The minimum absolute atomic E-state index is 0.0737. The summed E-state index contributed by atoms with van der Waals surface area (Å²) in [5.74, 6) is 0.248. The lowest BCUT2D eigenvalue weighted by Gasteiger charge is -2.34. The van der Waals surface area contributed by atoms with Gasteiger partial charge in [-0.15, -0.1) is 22.9 Å². The highest BCUT2D eigenvalue weighted by molar-refractivity contribution is 7.09. The summed E-state index contributed by atoms with van der Waals surface area (Å²) in [5.41, 5.74) is 0.636. The van der Waals surface area contributed by atoms with Crippen LogP contribution < -0.4 is 0 Å². The summed E-state index contributed by atoms with van der Waals surface area (Å²) in [6.45, 7) is 4.32. The Morgan fingerprint density at radius 3 is 2.53 bits per heavy atom. The van der Waals surface area contributed by atoms with Crippen molar-refractivity contribution in [2.45, 2.75) is 39.0 Å². The summed E-state index contributed by atoms with van der Waals surface area (Å²) in [4.78, 5) is 29.6. The molecule has 0 unspecified atom stereocenters. The molecule has 0 spiro atoms. The number of piperidine rings is 1. The Morgan fingerprint density at radius 2 is 2.00 bits per heavy atom. The highest BCUT2D eigenvalue weighted by Crippen LogP contribution is 2.31. The normalized spacial score (nSPS) is 19.0. The number of imide groups is 1. The largest absolute Gasteiger partial charge is 0.282 e. The average Bonchev–Trinajstić information content (AvgIpc) is 2.74.